The normalized spacial score (nSPS) is 24.7. The van der Waals surface area contributed by atoms with Gasteiger partial charge >= 0.3 is 0 Å². The van der Waals surface area contributed by atoms with Crippen LogP contribution in [0.25, 0.3) is 0 Å². The van der Waals surface area contributed by atoms with Gasteiger partial charge < -0.3 is 9.84 Å². The van der Waals surface area contributed by atoms with Crippen molar-refractivity contribution >= 4 is 17.7 Å². The Kier molecular flexibility index (Phi) is 4.86. The van der Waals surface area contributed by atoms with Crippen LogP contribution in [0.4, 0.5) is 0 Å². The molecule has 132 valence electrons. The number of hydrogen-bond donors (Lipinski definition) is 1. The molecule has 1 saturated heterocycles. The summed E-state index contributed by atoms with van der Waals surface area (Å²) in [4.78, 5) is 15.2. The van der Waals surface area contributed by atoms with E-state index in [1.165, 1.54) is 43.6 Å². The van der Waals surface area contributed by atoms with Crippen LogP contribution < -0.4 is 5.32 Å². The lowest BCUT2D eigenvalue weighted by atomic mass is 9.80. The van der Waals surface area contributed by atoms with Gasteiger partial charge in [0.15, 0.2) is 5.69 Å². The fraction of sp³-hybridized carbons (Fsp3) is 0.778. The molecule has 0 bridgehead atoms. The first-order valence-corrected chi connectivity index (χ1v) is 10.5. The number of aromatic nitrogens is 1. The summed E-state index contributed by atoms with van der Waals surface area (Å²) in [5, 5.41) is 7.14. The molecule has 2 heterocycles. The second-order valence-corrected chi connectivity index (χ2v) is 8.68. The minimum absolute atomic E-state index is 0.0815. The van der Waals surface area contributed by atoms with Crippen molar-refractivity contribution < 1.29 is 9.32 Å². The first kappa shape index (κ1) is 16.5. The van der Waals surface area contributed by atoms with Gasteiger partial charge in [0.25, 0.3) is 5.91 Å². The van der Waals surface area contributed by atoms with Crippen molar-refractivity contribution in [3.63, 3.8) is 0 Å². The molecular weight excluding hydrogens is 322 g/mol. The van der Waals surface area contributed by atoms with Gasteiger partial charge in [-0.2, -0.15) is 11.8 Å². The molecule has 0 radical (unpaired) electrons. The summed E-state index contributed by atoms with van der Waals surface area (Å²) < 4.78 is 5.32. The fourth-order valence-corrected chi connectivity index (χ4v) is 5.05. The maximum atomic E-state index is 12.5. The minimum Gasteiger partial charge on any atom is -0.360 e. The molecule has 6 heteroatoms. The highest BCUT2D eigenvalue weighted by atomic mass is 32.2. The molecule has 0 unspecified atom stereocenters. The molecule has 0 atom stereocenters. The SMILES string of the molecule is O=C(NCC1(N2CCSCC2)CCCCC1)c1cc(C2CC2)on1. The Morgan fingerprint density at radius 1 is 1.29 bits per heavy atom. The van der Waals surface area contributed by atoms with E-state index in [0.717, 1.165) is 38.2 Å². The molecule has 1 aromatic rings. The highest BCUT2D eigenvalue weighted by molar-refractivity contribution is 7.99. The van der Waals surface area contributed by atoms with Crippen molar-refractivity contribution in [2.24, 2.45) is 0 Å². The number of rotatable bonds is 5. The van der Waals surface area contributed by atoms with Crippen LogP contribution in [0.1, 0.15) is 67.1 Å². The first-order chi connectivity index (χ1) is 11.8. The van der Waals surface area contributed by atoms with Crippen molar-refractivity contribution in [2.75, 3.05) is 31.1 Å². The van der Waals surface area contributed by atoms with Crippen LogP contribution in [-0.2, 0) is 0 Å². The second kappa shape index (κ2) is 7.08. The number of nitrogens with zero attached hydrogens (tertiary/aromatic N) is 2. The zero-order valence-electron chi connectivity index (χ0n) is 14.3. The minimum atomic E-state index is -0.0815. The van der Waals surface area contributed by atoms with E-state index in [2.05, 4.69) is 15.4 Å². The van der Waals surface area contributed by atoms with E-state index in [9.17, 15) is 4.79 Å². The molecule has 0 aromatic carbocycles. The Morgan fingerprint density at radius 3 is 2.75 bits per heavy atom. The van der Waals surface area contributed by atoms with Crippen molar-refractivity contribution in [1.82, 2.24) is 15.4 Å². The Hall–Kier alpha value is -1.01. The van der Waals surface area contributed by atoms with Crippen LogP contribution >= 0.6 is 11.8 Å². The van der Waals surface area contributed by atoms with E-state index in [1.807, 2.05) is 17.8 Å². The third-order valence-electron chi connectivity index (χ3n) is 5.78. The van der Waals surface area contributed by atoms with Gasteiger partial charge in [-0.3, -0.25) is 9.69 Å². The van der Waals surface area contributed by atoms with Crippen LogP contribution in [-0.4, -0.2) is 52.6 Å². The molecule has 2 saturated carbocycles. The molecule has 0 spiro atoms. The summed E-state index contributed by atoms with van der Waals surface area (Å²) in [5.74, 6) is 3.71. The monoisotopic (exact) mass is 349 g/mol. The van der Waals surface area contributed by atoms with Crippen LogP contribution in [0.2, 0.25) is 0 Å². The number of carbonyl (C=O) groups excluding carboxylic acids is 1. The summed E-state index contributed by atoms with van der Waals surface area (Å²) >= 11 is 2.04. The number of thioether (sulfide) groups is 1. The fourth-order valence-electron chi connectivity index (χ4n) is 4.14. The molecule has 1 aromatic heterocycles. The average Bonchev–Trinajstić information content (AvgIpc) is 3.38. The molecule has 1 N–H and O–H groups in total. The van der Waals surface area contributed by atoms with E-state index < -0.39 is 0 Å². The van der Waals surface area contributed by atoms with E-state index in [4.69, 9.17) is 4.52 Å². The van der Waals surface area contributed by atoms with E-state index in [1.54, 1.807) is 0 Å². The summed E-state index contributed by atoms with van der Waals surface area (Å²) in [7, 11) is 0. The third kappa shape index (κ3) is 3.49. The number of hydrogen-bond acceptors (Lipinski definition) is 5. The number of amides is 1. The third-order valence-corrected chi connectivity index (χ3v) is 6.73. The van der Waals surface area contributed by atoms with Crippen LogP contribution in [0.3, 0.4) is 0 Å². The van der Waals surface area contributed by atoms with Crippen molar-refractivity contribution in [3.8, 4) is 0 Å². The molecule has 5 nitrogen and oxygen atoms in total. The zero-order valence-corrected chi connectivity index (χ0v) is 15.1. The van der Waals surface area contributed by atoms with Crippen molar-refractivity contribution in [1.29, 1.82) is 0 Å². The van der Waals surface area contributed by atoms with Gasteiger partial charge in [0.2, 0.25) is 0 Å². The van der Waals surface area contributed by atoms with Crippen LogP contribution in [0, 0.1) is 0 Å². The molecule has 2 aliphatic carbocycles. The molecular formula is C18H27N3O2S. The highest BCUT2D eigenvalue weighted by Crippen LogP contribution is 2.40. The second-order valence-electron chi connectivity index (χ2n) is 7.46. The van der Waals surface area contributed by atoms with Crippen molar-refractivity contribution in [2.45, 2.75) is 56.4 Å². The Labute approximate surface area is 147 Å². The van der Waals surface area contributed by atoms with Crippen molar-refractivity contribution in [3.05, 3.63) is 17.5 Å². The van der Waals surface area contributed by atoms with Crippen LogP contribution in [0.5, 0.6) is 0 Å². The molecule has 1 amide bonds. The maximum Gasteiger partial charge on any atom is 0.273 e. The van der Waals surface area contributed by atoms with Gasteiger partial charge in [0, 0.05) is 48.7 Å². The van der Waals surface area contributed by atoms with E-state index in [-0.39, 0.29) is 11.4 Å². The Bertz CT molecular complexity index is 573. The van der Waals surface area contributed by atoms with E-state index >= 15 is 0 Å². The molecule has 1 aliphatic heterocycles. The highest BCUT2D eigenvalue weighted by Gasteiger charge is 2.39. The summed E-state index contributed by atoms with van der Waals surface area (Å²) in [5.41, 5.74) is 0.592. The topological polar surface area (TPSA) is 58.4 Å². The summed E-state index contributed by atoms with van der Waals surface area (Å²) in [6.45, 7) is 3.04. The molecule has 24 heavy (non-hydrogen) atoms. The van der Waals surface area contributed by atoms with Crippen LogP contribution in [0.15, 0.2) is 10.6 Å². The van der Waals surface area contributed by atoms with Gasteiger partial charge in [0.1, 0.15) is 5.76 Å². The quantitative estimate of drug-likeness (QED) is 0.885. The summed E-state index contributed by atoms with van der Waals surface area (Å²) in [6.07, 6.45) is 8.59. The van der Waals surface area contributed by atoms with Gasteiger partial charge in [0.05, 0.1) is 0 Å². The van der Waals surface area contributed by atoms with E-state index in [0.29, 0.717) is 11.6 Å². The Morgan fingerprint density at radius 2 is 2.04 bits per heavy atom. The largest absolute Gasteiger partial charge is 0.360 e. The molecule has 3 aliphatic rings. The predicted molar refractivity (Wildman–Crippen MR) is 95.5 cm³/mol. The Balaban J connectivity index is 1.40. The molecule has 3 fully saturated rings. The van der Waals surface area contributed by atoms with Gasteiger partial charge in [-0.15, -0.1) is 0 Å². The lowest BCUT2D eigenvalue weighted by molar-refractivity contribution is 0.0546. The number of carbonyl (C=O) groups is 1. The zero-order chi connectivity index (χ0) is 16.4. The smallest absolute Gasteiger partial charge is 0.273 e. The standard InChI is InChI=1S/C18H27N3O2S/c22-17(15-12-16(23-20-15)14-4-5-14)19-13-18(6-2-1-3-7-18)21-8-10-24-11-9-21/h12,14H,1-11,13H2,(H,19,22). The maximum absolute atomic E-state index is 12.5. The van der Waals surface area contributed by atoms with Gasteiger partial charge in [-0.25, -0.2) is 0 Å². The van der Waals surface area contributed by atoms with Gasteiger partial charge in [-0.1, -0.05) is 24.4 Å². The lowest BCUT2D eigenvalue weighted by Crippen LogP contribution is -2.58. The predicted octanol–water partition coefficient (Wildman–Crippen LogP) is 3.03. The average molecular weight is 350 g/mol. The summed E-state index contributed by atoms with van der Waals surface area (Å²) in [6, 6.07) is 1.83. The molecule has 4 rings (SSSR count). The number of nitrogens with one attached hydrogen (secondary N) is 1. The lowest BCUT2D eigenvalue weighted by Gasteiger charge is -2.48. The first-order valence-electron chi connectivity index (χ1n) is 9.34. The van der Waals surface area contributed by atoms with Gasteiger partial charge in [-0.05, 0) is 25.7 Å².